The Morgan fingerprint density at radius 3 is 2.50 bits per heavy atom. The zero-order valence-corrected chi connectivity index (χ0v) is 7.60. The second kappa shape index (κ2) is 6.68. The summed E-state index contributed by atoms with van der Waals surface area (Å²) < 4.78 is 0. The van der Waals surface area contributed by atoms with E-state index in [1.165, 1.54) is 12.8 Å². The Morgan fingerprint density at radius 2 is 2.08 bits per heavy atom. The topological polar surface area (TPSA) is 37.3 Å². The summed E-state index contributed by atoms with van der Waals surface area (Å²) in [6, 6.07) is 0. The highest BCUT2D eigenvalue weighted by Crippen LogP contribution is 2.08. The highest BCUT2D eigenvalue weighted by atomic mass is 16.4. The van der Waals surface area contributed by atoms with Gasteiger partial charge in [-0.15, -0.1) is 5.73 Å². The molecular weight excluding hydrogens is 152 g/mol. The van der Waals surface area contributed by atoms with Crippen molar-refractivity contribution in [2.75, 3.05) is 0 Å². The number of hydrogen-bond acceptors (Lipinski definition) is 1. The molecule has 0 rings (SSSR count). The molecule has 0 amide bonds. The molecule has 0 aromatic heterocycles. The molecule has 0 spiro atoms. The summed E-state index contributed by atoms with van der Waals surface area (Å²) in [7, 11) is 0. The number of aliphatic carboxylic acids is 1. The van der Waals surface area contributed by atoms with Gasteiger partial charge in [-0.2, -0.15) is 0 Å². The molecule has 0 heterocycles. The van der Waals surface area contributed by atoms with E-state index in [-0.39, 0.29) is 0 Å². The average Bonchev–Trinajstić information content (AvgIpc) is 2.04. The van der Waals surface area contributed by atoms with E-state index >= 15 is 0 Å². The molecule has 0 saturated carbocycles. The zero-order chi connectivity index (χ0) is 9.40. The largest absolute Gasteiger partial charge is 0.477 e. The molecule has 0 bridgehead atoms. The number of carbonyl (C=O) groups is 1. The standard InChI is InChI=1S/C10H16O2/c1-3-5-6-7-8-9(4-2)10(11)12/h2-3,5-8H2,1H3,(H,11,12). The summed E-state index contributed by atoms with van der Waals surface area (Å²) in [5.74, 6) is -0.888. The van der Waals surface area contributed by atoms with Gasteiger partial charge in [0.05, 0.1) is 5.57 Å². The summed E-state index contributed by atoms with van der Waals surface area (Å²) in [5.41, 5.74) is 2.76. The normalized spacial score (nSPS) is 9.08. The van der Waals surface area contributed by atoms with Crippen LogP contribution in [0.4, 0.5) is 0 Å². The minimum Gasteiger partial charge on any atom is -0.477 e. The lowest BCUT2D eigenvalue weighted by Gasteiger charge is -1.98. The number of unbranched alkanes of at least 4 members (excludes halogenated alkanes) is 3. The predicted octanol–water partition coefficient (Wildman–Crippen LogP) is 2.75. The van der Waals surface area contributed by atoms with Crippen LogP contribution in [0.1, 0.15) is 39.0 Å². The Hall–Kier alpha value is -1.01. The lowest BCUT2D eigenvalue weighted by Crippen LogP contribution is -1.98. The van der Waals surface area contributed by atoms with Crippen molar-refractivity contribution >= 4 is 5.97 Å². The second-order valence-corrected chi connectivity index (χ2v) is 2.77. The van der Waals surface area contributed by atoms with Crippen molar-refractivity contribution in [1.29, 1.82) is 0 Å². The van der Waals surface area contributed by atoms with Gasteiger partial charge in [0.15, 0.2) is 0 Å². The number of rotatable bonds is 6. The maximum absolute atomic E-state index is 10.5. The molecule has 1 N–H and O–H groups in total. The third kappa shape index (κ3) is 4.75. The lowest BCUT2D eigenvalue weighted by molar-refractivity contribution is -0.132. The van der Waals surface area contributed by atoms with E-state index in [1.807, 2.05) is 0 Å². The van der Waals surface area contributed by atoms with E-state index in [2.05, 4.69) is 19.2 Å². The summed E-state index contributed by atoms with van der Waals surface area (Å²) in [6.07, 6.45) is 4.95. The fourth-order valence-corrected chi connectivity index (χ4v) is 0.999. The SMILES string of the molecule is C=C=C(CCCCCC)C(=O)O. The van der Waals surface area contributed by atoms with Gasteiger partial charge >= 0.3 is 5.97 Å². The fourth-order valence-electron chi connectivity index (χ4n) is 0.999. The van der Waals surface area contributed by atoms with Crippen molar-refractivity contribution in [2.24, 2.45) is 0 Å². The molecule has 0 radical (unpaired) electrons. The third-order valence-corrected chi connectivity index (χ3v) is 1.75. The summed E-state index contributed by atoms with van der Waals surface area (Å²) in [5, 5.41) is 8.59. The lowest BCUT2D eigenvalue weighted by atomic mass is 10.1. The molecule has 12 heavy (non-hydrogen) atoms. The van der Waals surface area contributed by atoms with Gasteiger partial charge in [-0.3, -0.25) is 0 Å². The van der Waals surface area contributed by atoms with Gasteiger partial charge < -0.3 is 5.11 Å². The third-order valence-electron chi connectivity index (χ3n) is 1.75. The van der Waals surface area contributed by atoms with Crippen molar-refractivity contribution in [2.45, 2.75) is 39.0 Å². The van der Waals surface area contributed by atoms with Gasteiger partial charge in [0.1, 0.15) is 0 Å². The Bertz CT molecular complexity index is 188. The van der Waals surface area contributed by atoms with Crippen molar-refractivity contribution < 1.29 is 9.90 Å². The molecule has 68 valence electrons. The maximum Gasteiger partial charge on any atom is 0.339 e. The van der Waals surface area contributed by atoms with Gasteiger partial charge in [-0.25, -0.2) is 4.79 Å². The Morgan fingerprint density at radius 1 is 1.42 bits per heavy atom. The van der Waals surface area contributed by atoms with Crippen molar-refractivity contribution in [1.82, 2.24) is 0 Å². The summed E-state index contributed by atoms with van der Waals surface area (Å²) in [6.45, 7) is 5.46. The van der Waals surface area contributed by atoms with Crippen LogP contribution in [0.3, 0.4) is 0 Å². The number of carboxylic acid groups (broad SMARTS) is 1. The molecule has 2 nitrogen and oxygen atoms in total. The van der Waals surface area contributed by atoms with Crippen LogP contribution in [0.25, 0.3) is 0 Å². The quantitative estimate of drug-likeness (QED) is 0.376. The molecule has 0 atom stereocenters. The van der Waals surface area contributed by atoms with Crippen LogP contribution >= 0.6 is 0 Å². The van der Waals surface area contributed by atoms with Crippen molar-refractivity contribution in [3.8, 4) is 0 Å². The molecule has 0 unspecified atom stereocenters. The maximum atomic E-state index is 10.5. The minimum absolute atomic E-state index is 0.311. The first-order valence-corrected chi connectivity index (χ1v) is 4.34. The molecule has 0 saturated heterocycles. The molecular formula is C10H16O2. The Kier molecular flexibility index (Phi) is 6.12. The summed E-state index contributed by atoms with van der Waals surface area (Å²) in [4.78, 5) is 10.5. The van der Waals surface area contributed by atoms with Crippen molar-refractivity contribution in [3.05, 3.63) is 17.9 Å². The molecule has 0 fully saturated rings. The van der Waals surface area contributed by atoms with Crippen molar-refractivity contribution in [3.63, 3.8) is 0 Å². The van der Waals surface area contributed by atoms with Crippen LogP contribution in [-0.4, -0.2) is 11.1 Å². The molecule has 0 aliphatic rings. The van der Waals surface area contributed by atoms with Crippen LogP contribution < -0.4 is 0 Å². The van der Waals surface area contributed by atoms with E-state index in [1.54, 1.807) is 0 Å². The monoisotopic (exact) mass is 168 g/mol. The summed E-state index contributed by atoms with van der Waals surface area (Å²) >= 11 is 0. The Labute approximate surface area is 73.6 Å². The molecule has 0 aromatic carbocycles. The molecule has 0 aliphatic heterocycles. The first-order valence-electron chi connectivity index (χ1n) is 4.34. The Balaban J connectivity index is 3.61. The number of carboxylic acids is 1. The molecule has 2 heteroatoms. The van der Waals surface area contributed by atoms with Gasteiger partial charge in [0.25, 0.3) is 0 Å². The van der Waals surface area contributed by atoms with Gasteiger partial charge in [-0.05, 0) is 12.8 Å². The zero-order valence-electron chi connectivity index (χ0n) is 7.60. The van der Waals surface area contributed by atoms with Crippen LogP contribution in [0.15, 0.2) is 17.9 Å². The van der Waals surface area contributed by atoms with Crippen LogP contribution in [0, 0.1) is 0 Å². The highest BCUT2D eigenvalue weighted by Gasteiger charge is 2.04. The number of hydrogen-bond donors (Lipinski definition) is 1. The van der Waals surface area contributed by atoms with Crippen LogP contribution in [0.2, 0.25) is 0 Å². The van der Waals surface area contributed by atoms with E-state index in [4.69, 9.17) is 5.11 Å². The van der Waals surface area contributed by atoms with Gasteiger partial charge in [0.2, 0.25) is 0 Å². The molecule has 0 aromatic rings. The molecule has 0 aliphatic carbocycles. The van der Waals surface area contributed by atoms with Gasteiger partial charge in [-0.1, -0.05) is 32.8 Å². The first kappa shape index (κ1) is 11.0. The highest BCUT2D eigenvalue weighted by molar-refractivity contribution is 5.86. The second-order valence-electron chi connectivity index (χ2n) is 2.77. The minimum atomic E-state index is -0.888. The first-order chi connectivity index (χ1) is 5.72. The smallest absolute Gasteiger partial charge is 0.339 e. The van der Waals surface area contributed by atoms with E-state index in [9.17, 15) is 4.79 Å². The predicted molar refractivity (Wildman–Crippen MR) is 49.0 cm³/mol. The van der Waals surface area contributed by atoms with E-state index in [0.29, 0.717) is 12.0 Å². The van der Waals surface area contributed by atoms with E-state index < -0.39 is 5.97 Å². The fraction of sp³-hybridized carbons (Fsp3) is 0.600. The van der Waals surface area contributed by atoms with Crippen LogP contribution in [-0.2, 0) is 4.79 Å². The average molecular weight is 168 g/mol. The van der Waals surface area contributed by atoms with Crippen LogP contribution in [0.5, 0.6) is 0 Å². The van der Waals surface area contributed by atoms with E-state index in [0.717, 1.165) is 12.8 Å². The van der Waals surface area contributed by atoms with Gasteiger partial charge in [0, 0.05) is 0 Å².